The van der Waals surface area contributed by atoms with E-state index in [1.54, 1.807) is 37.4 Å². The van der Waals surface area contributed by atoms with Crippen molar-refractivity contribution in [2.24, 2.45) is 0 Å². The zero-order chi connectivity index (χ0) is 21.3. The van der Waals surface area contributed by atoms with Crippen LogP contribution in [0.25, 0.3) is 6.08 Å². The predicted octanol–water partition coefficient (Wildman–Crippen LogP) is 5.42. The molecule has 5 nitrogen and oxygen atoms in total. The van der Waals surface area contributed by atoms with E-state index in [0.717, 1.165) is 9.13 Å². The van der Waals surface area contributed by atoms with Crippen LogP contribution in [-0.4, -0.2) is 13.0 Å². The number of ether oxygens (including phenoxy) is 2. The summed E-state index contributed by atoms with van der Waals surface area (Å²) in [6.07, 6.45) is 1.53. The zero-order valence-electron chi connectivity index (χ0n) is 16.3. The second kappa shape index (κ2) is 10.5. The van der Waals surface area contributed by atoms with Gasteiger partial charge in [-0.05, 0) is 76.7 Å². The third kappa shape index (κ3) is 5.84. The maximum absolute atomic E-state index is 12.6. The van der Waals surface area contributed by atoms with Crippen molar-refractivity contribution in [1.82, 2.24) is 0 Å². The van der Waals surface area contributed by atoms with E-state index in [1.165, 1.54) is 6.08 Å². The predicted molar refractivity (Wildman–Crippen MR) is 125 cm³/mol. The molecule has 3 rings (SSSR count). The molecule has 1 N–H and O–H groups in total. The summed E-state index contributed by atoms with van der Waals surface area (Å²) in [4.78, 5) is 12.6. The first kappa shape index (κ1) is 21.4. The van der Waals surface area contributed by atoms with Crippen molar-refractivity contribution in [2.45, 2.75) is 6.61 Å². The second-order valence-corrected chi connectivity index (χ2v) is 7.55. The van der Waals surface area contributed by atoms with Gasteiger partial charge < -0.3 is 14.8 Å². The number of halogens is 1. The fourth-order valence-corrected chi connectivity index (χ4v) is 3.01. The van der Waals surface area contributed by atoms with Crippen LogP contribution in [0.15, 0.2) is 78.4 Å². The normalized spacial score (nSPS) is 10.8. The van der Waals surface area contributed by atoms with Crippen molar-refractivity contribution in [1.29, 1.82) is 5.26 Å². The molecule has 6 heteroatoms. The van der Waals surface area contributed by atoms with Gasteiger partial charge in [-0.3, -0.25) is 4.79 Å². The molecule has 0 aliphatic carbocycles. The third-order valence-electron chi connectivity index (χ3n) is 4.24. The molecule has 30 heavy (non-hydrogen) atoms. The van der Waals surface area contributed by atoms with Crippen molar-refractivity contribution in [3.05, 3.63) is 93.1 Å². The van der Waals surface area contributed by atoms with Gasteiger partial charge in [-0.25, -0.2) is 0 Å². The van der Waals surface area contributed by atoms with E-state index >= 15 is 0 Å². The number of hydrogen-bond donors (Lipinski definition) is 1. The molecule has 0 bridgehead atoms. The smallest absolute Gasteiger partial charge is 0.266 e. The molecule has 0 radical (unpaired) electrons. The fourth-order valence-electron chi connectivity index (χ4n) is 2.65. The molecule has 150 valence electrons. The average molecular weight is 510 g/mol. The van der Waals surface area contributed by atoms with Gasteiger partial charge in [0.1, 0.15) is 29.7 Å². The molecular formula is C24H19IN2O3. The lowest BCUT2D eigenvalue weighted by Crippen LogP contribution is -2.13. The average Bonchev–Trinajstić information content (AvgIpc) is 2.78. The van der Waals surface area contributed by atoms with E-state index in [-0.39, 0.29) is 5.57 Å². The SMILES string of the molecule is COc1ccc(NC(=O)/C(C#N)=C/c2ccccc2OCc2ccc(I)cc2)cc1. The minimum absolute atomic E-state index is 0.0175. The van der Waals surface area contributed by atoms with Gasteiger partial charge in [0.05, 0.1) is 7.11 Å². The molecule has 0 saturated carbocycles. The van der Waals surface area contributed by atoms with E-state index in [2.05, 4.69) is 27.9 Å². The van der Waals surface area contributed by atoms with Gasteiger partial charge in [0.25, 0.3) is 5.91 Å². The van der Waals surface area contributed by atoms with E-state index in [4.69, 9.17) is 9.47 Å². The van der Waals surface area contributed by atoms with Crippen molar-refractivity contribution >= 4 is 40.3 Å². The molecule has 0 aliphatic rings. The van der Waals surface area contributed by atoms with Crippen LogP contribution in [0, 0.1) is 14.9 Å². The van der Waals surface area contributed by atoms with Gasteiger partial charge >= 0.3 is 0 Å². The lowest BCUT2D eigenvalue weighted by Gasteiger charge is -2.10. The molecule has 0 unspecified atom stereocenters. The van der Waals surface area contributed by atoms with Crippen LogP contribution < -0.4 is 14.8 Å². The number of nitriles is 1. The van der Waals surface area contributed by atoms with Crippen molar-refractivity contribution in [3.8, 4) is 17.6 Å². The van der Waals surface area contributed by atoms with Gasteiger partial charge in [0.15, 0.2) is 0 Å². The number of benzene rings is 3. The first-order valence-electron chi connectivity index (χ1n) is 9.12. The Kier molecular flexibility index (Phi) is 7.46. The number of amides is 1. The zero-order valence-corrected chi connectivity index (χ0v) is 18.4. The van der Waals surface area contributed by atoms with Crippen LogP contribution in [0.3, 0.4) is 0 Å². The molecule has 3 aromatic carbocycles. The molecular weight excluding hydrogens is 491 g/mol. The van der Waals surface area contributed by atoms with Crippen LogP contribution in [0.1, 0.15) is 11.1 Å². The van der Waals surface area contributed by atoms with Gasteiger partial charge in [-0.2, -0.15) is 5.26 Å². The van der Waals surface area contributed by atoms with Gasteiger partial charge in [-0.1, -0.05) is 30.3 Å². The molecule has 0 saturated heterocycles. The highest BCUT2D eigenvalue weighted by Gasteiger charge is 2.11. The Balaban J connectivity index is 1.75. The first-order valence-corrected chi connectivity index (χ1v) is 10.2. The third-order valence-corrected chi connectivity index (χ3v) is 4.96. The number of carbonyl (C=O) groups is 1. The van der Waals surface area contributed by atoms with Gasteiger partial charge in [-0.15, -0.1) is 0 Å². The Morgan fingerprint density at radius 3 is 2.43 bits per heavy atom. The highest BCUT2D eigenvalue weighted by molar-refractivity contribution is 14.1. The van der Waals surface area contributed by atoms with E-state index in [0.29, 0.717) is 29.4 Å². The molecule has 0 fully saturated rings. The lowest BCUT2D eigenvalue weighted by molar-refractivity contribution is -0.112. The monoisotopic (exact) mass is 510 g/mol. The van der Waals surface area contributed by atoms with Gasteiger partial charge in [0, 0.05) is 14.8 Å². The van der Waals surface area contributed by atoms with Crippen LogP contribution in [0.4, 0.5) is 5.69 Å². The number of carbonyl (C=O) groups excluding carboxylic acids is 1. The van der Waals surface area contributed by atoms with Crippen molar-refractivity contribution in [3.63, 3.8) is 0 Å². The number of nitrogens with zero attached hydrogens (tertiary/aromatic N) is 1. The van der Waals surface area contributed by atoms with Crippen LogP contribution >= 0.6 is 22.6 Å². The van der Waals surface area contributed by atoms with Crippen molar-refractivity contribution < 1.29 is 14.3 Å². The molecule has 0 spiro atoms. The number of rotatable bonds is 7. The second-order valence-electron chi connectivity index (χ2n) is 6.31. The Morgan fingerprint density at radius 2 is 1.77 bits per heavy atom. The molecule has 1 amide bonds. The minimum Gasteiger partial charge on any atom is -0.497 e. The number of para-hydroxylation sites is 1. The summed E-state index contributed by atoms with van der Waals surface area (Å²) in [6.45, 7) is 0.391. The molecule has 0 aromatic heterocycles. The summed E-state index contributed by atoms with van der Waals surface area (Å²) >= 11 is 2.25. The summed E-state index contributed by atoms with van der Waals surface area (Å²) in [5.41, 5.74) is 2.25. The topological polar surface area (TPSA) is 71.3 Å². The van der Waals surface area contributed by atoms with Crippen LogP contribution in [-0.2, 0) is 11.4 Å². The number of anilines is 1. The van der Waals surface area contributed by atoms with E-state index < -0.39 is 5.91 Å². The standard InChI is InChI=1S/C24H19IN2O3/c1-29-22-12-10-21(11-13-22)27-24(28)19(15-26)14-18-4-2-3-5-23(18)30-16-17-6-8-20(25)9-7-17/h2-14H,16H2,1H3,(H,27,28)/b19-14+. The number of hydrogen-bond acceptors (Lipinski definition) is 4. The molecule has 0 atom stereocenters. The largest absolute Gasteiger partial charge is 0.497 e. The Bertz CT molecular complexity index is 1080. The summed E-state index contributed by atoms with van der Waals surface area (Å²) in [5.74, 6) is 0.791. The highest BCUT2D eigenvalue weighted by Crippen LogP contribution is 2.23. The Morgan fingerprint density at radius 1 is 1.07 bits per heavy atom. The molecule has 0 heterocycles. The number of methoxy groups -OCH3 is 1. The summed E-state index contributed by atoms with van der Waals surface area (Å²) < 4.78 is 12.2. The quantitative estimate of drug-likeness (QED) is 0.262. The van der Waals surface area contributed by atoms with Crippen molar-refractivity contribution in [2.75, 3.05) is 12.4 Å². The lowest BCUT2D eigenvalue weighted by atomic mass is 10.1. The van der Waals surface area contributed by atoms with Crippen LogP contribution in [0.5, 0.6) is 11.5 Å². The summed E-state index contributed by atoms with van der Waals surface area (Å²) in [5, 5.41) is 12.2. The number of nitrogens with one attached hydrogen (secondary N) is 1. The molecule has 0 aliphatic heterocycles. The van der Waals surface area contributed by atoms with Gasteiger partial charge in [0.2, 0.25) is 0 Å². The summed E-state index contributed by atoms with van der Waals surface area (Å²) in [6, 6.07) is 24.2. The maximum atomic E-state index is 12.6. The van der Waals surface area contributed by atoms with E-state index in [1.807, 2.05) is 48.5 Å². The maximum Gasteiger partial charge on any atom is 0.266 e. The minimum atomic E-state index is -0.491. The van der Waals surface area contributed by atoms with Crippen LogP contribution in [0.2, 0.25) is 0 Å². The van der Waals surface area contributed by atoms with E-state index in [9.17, 15) is 10.1 Å². The Labute approximate surface area is 189 Å². The summed E-state index contributed by atoms with van der Waals surface area (Å²) in [7, 11) is 1.57. The molecule has 3 aromatic rings. The first-order chi connectivity index (χ1) is 14.6. The highest BCUT2D eigenvalue weighted by atomic mass is 127. The Hall–Kier alpha value is -3.31. The fraction of sp³-hybridized carbons (Fsp3) is 0.0833.